The van der Waals surface area contributed by atoms with Crippen LogP contribution in [0.1, 0.15) is 15.9 Å². The number of nitrogens with zero attached hydrogens (tertiary/aromatic N) is 1. The number of anilines is 1. The topological polar surface area (TPSA) is 93.0 Å². The van der Waals surface area contributed by atoms with Crippen molar-refractivity contribution in [2.45, 2.75) is 6.61 Å². The van der Waals surface area contributed by atoms with Crippen LogP contribution in [0, 0.1) is 0 Å². The number of carbonyl (C=O) groups excluding carboxylic acids is 1. The molecule has 0 aliphatic heterocycles. The number of nitrogens with two attached hydrogens (primary N) is 1. The number of hydrogen-bond donors (Lipinski definition) is 3. The molecular formula is C21H22N4O2. The number of aromatic nitrogens is 2. The number of carbonyl (C=O) groups is 1. The molecular weight excluding hydrogens is 340 g/mol. The van der Waals surface area contributed by atoms with Crippen molar-refractivity contribution in [3.05, 3.63) is 84.1 Å². The van der Waals surface area contributed by atoms with Gasteiger partial charge in [-0.15, -0.1) is 0 Å². The Balaban J connectivity index is 1.40. The van der Waals surface area contributed by atoms with Crippen molar-refractivity contribution >= 4 is 11.6 Å². The second-order valence-electron chi connectivity index (χ2n) is 5.99. The SMILES string of the molecule is Nc1cccc(COC/C=C/CNC(=O)c2cccc(-c3ccn[nH]3)c2)c1. The number of aromatic amines is 1. The van der Waals surface area contributed by atoms with Gasteiger partial charge in [0, 0.05) is 29.6 Å². The van der Waals surface area contributed by atoms with Crippen LogP contribution < -0.4 is 11.1 Å². The van der Waals surface area contributed by atoms with E-state index < -0.39 is 0 Å². The highest BCUT2D eigenvalue weighted by molar-refractivity contribution is 5.95. The molecule has 0 aliphatic rings. The third-order valence-corrected chi connectivity index (χ3v) is 3.92. The Labute approximate surface area is 158 Å². The molecule has 138 valence electrons. The summed E-state index contributed by atoms with van der Waals surface area (Å²) < 4.78 is 5.56. The minimum absolute atomic E-state index is 0.123. The normalized spacial score (nSPS) is 11.0. The third kappa shape index (κ3) is 5.55. The van der Waals surface area contributed by atoms with E-state index in [1.54, 1.807) is 12.3 Å². The number of hydrogen-bond acceptors (Lipinski definition) is 4. The number of ether oxygens (including phenoxy) is 1. The van der Waals surface area contributed by atoms with E-state index >= 15 is 0 Å². The molecule has 27 heavy (non-hydrogen) atoms. The summed E-state index contributed by atoms with van der Waals surface area (Å²) >= 11 is 0. The molecule has 6 heteroatoms. The van der Waals surface area contributed by atoms with Gasteiger partial charge in [-0.25, -0.2) is 0 Å². The maximum atomic E-state index is 12.3. The lowest BCUT2D eigenvalue weighted by molar-refractivity contribution is 0.0958. The fourth-order valence-electron chi connectivity index (χ4n) is 2.58. The largest absolute Gasteiger partial charge is 0.399 e. The summed E-state index contributed by atoms with van der Waals surface area (Å²) in [6.07, 6.45) is 5.44. The lowest BCUT2D eigenvalue weighted by atomic mass is 10.1. The average Bonchev–Trinajstić information content (AvgIpc) is 3.22. The van der Waals surface area contributed by atoms with Crippen LogP contribution in [0.4, 0.5) is 5.69 Å². The van der Waals surface area contributed by atoms with E-state index in [4.69, 9.17) is 10.5 Å². The van der Waals surface area contributed by atoms with Crippen LogP contribution in [0.15, 0.2) is 72.9 Å². The maximum Gasteiger partial charge on any atom is 0.251 e. The van der Waals surface area contributed by atoms with Gasteiger partial charge in [-0.05, 0) is 35.9 Å². The first-order valence-corrected chi connectivity index (χ1v) is 8.67. The number of H-pyrrole nitrogens is 1. The van der Waals surface area contributed by atoms with Crippen molar-refractivity contribution in [2.24, 2.45) is 0 Å². The van der Waals surface area contributed by atoms with E-state index in [0.29, 0.717) is 25.3 Å². The van der Waals surface area contributed by atoms with Crippen LogP contribution >= 0.6 is 0 Å². The van der Waals surface area contributed by atoms with Gasteiger partial charge in [-0.1, -0.05) is 36.4 Å². The number of rotatable bonds is 8. The average molecular weight is 362 g/mol. The van der Waals surface area contributed by atoms with Crippen LogP contribution in [0.5, 0.6) is 0 Å². The second-order valence-corrected chi connectivity index (χ2v) is 5.99. The quantitative estimate of drug-likeness (QED) is 0.326. The standard InChI is InChI=1S/C21H22N4O2/c22-19-8-3-5-16(13-19)15-27-12-2-1-10-23-21(26)18-7-4-6-17(14-18)20-9-11-24-25-20/h1-9,11,13-14H,10,12,15,22H2,(H,23,26)(H,24,25)/b2-1+. The highest BCUT2D eigenvalue weighted by atomic mass is 16.5. The molecule has 3 aromatic rings. The predicted molar refractivity (Wildman–Crippen MR) is 106 cm³/mol. The molecule has 0 bridgehead atoms. The molecule has 3 rings (SSSR count). The minimum atomic E-state index is -0.123. The molecule has 1 amide bonds. The zero-order chi connectivity index (χ0) is 18.9. The molecule has 0 fully saturated rings. The molecule has 4 N–H and O–H groups in total. The fourth-order valence-corrected chi connectivity index (χ4v) is 2.58. The van der Waals surface area contributed by atoms with Crippen LogP contribution in [-0.2, 0) is 11.3 Å². The van der Waals surface area contributed by atoms with E-state index in [-0.39, 0.29) is 5.91 Å². The molecule has 0 atom stereocenters. The molecule has 2 aromatic carbocycles. The van der Waals surface area contributed by atoms with Crippen molar-refractivity contribution in [3.63, 3.8) is 0 Å². The van der Waals surface area contributed by atoms with Gasteiger partial charge in [0.1, 0.15) is 0 Å². The van der Waals surface area contributed by atoms with Gasteiger partial charge >= 0.3 is 0 Å². The summed E-state index contributed by atoms with van der Waals surface area (Å²) in [4.78, 5) is 12.3. The Morgan fingerprint density at radius 1 is 1.15 bits per heavy atom. The first kappa shape index (κ1) is 18.4. The molecule has 1 aromatic heterocycles. The number of nitrogen functional groups attached to an aromatic ring is 1. The summed E-state index contributed by atoms with van der Waals surface area (Å²) in [5.41, 5.74) is 9.89. The monoisotopic (exact) mass is 362 g/mol. The van der Waals surface area contributed by atoms with Gasteiger partial charge in [-0.2, -0.15) is 5.10 Å². The zero-order valence-electron chi connectivity index (χ0n) is 14.9. The Bertz CT molecular complexity index is 904. The third-order valence-electron chi connectivity index (χ3n) is 3.92. The van der Waals surface area contributed by atoms with Crippen molar-refractivity contribution in [3.8, 4) is 11.3 Å². The lowest BCUT2D eigenvalue weighted by Crippen LogP contribution is -2.23. The number of nitrogens with one attached hydrogen (secondary N) is 2. The van der Waals surface area contributed by atoms with E-state index in [9.17, 15) is 4.79 Å². The molecule has 0 saturated heterocycles. The van der Waals surface area contributed by atoms with E-state index in [1.165, 1.54) is 0 Å². The van der Waals surface area contributed by atoms with Gasteiger partial charge in [0.25, 0.3) is 5.91 Å². The first-order valence-electron chi connectivity index (χ1n) is 8.67. The minimum Gasteiger partial charge on any atom is -0.399 e. The van der Waals surface area contributed by atoms with Gasteiger partial charge < -0.3 is 15.8 Å². The van der Waals surface area contributed by atoms with Crippen molar-refractivity contribution in [2.75, 3.05) is 18.9 Å². The van der Waals surface area contributed by atoms with E-state index in [1.807, 2.05) is 60.7 Å². The number of amides is 1. The van der Waals surface area contributed by atoms with Crippen molar-refractivity contribution < 1.29 is 9.53 Å². The smallest absolute Gasteiger partial charge is 0.251 e. The summed E-state index contributed by atoms with van der Waals surface area (Å²) in [7, 11) is 0. The van der Waals surface area contributed by atoms with Gasteiger partial charge in [0.05, 0.1) is 18.9 Å². The molecule has 0 unspecified atom stereocenters. The fraction of sp³-hybridized carbons (Fsp3) is 0.143. The van der Waals surface area contributed by atoms with Crippen molar-refractivity contribution in [1.29, 1.82) is 0 Å². The number of benzene rings is 2. The highest BCUT2D eigenvalue weighted by Gasteiger charge is 2.06. The molecule has 0 radical (unpaired) electrons. The first-order chi connectivity index (χ1) is 13.2. The summed E-state index contributed by atoms with van der Waals surface area (Å²) in [6, 6.07) is 16.9. The Hall–Kier alpha value is -3.38. The zero-order valence-corrected chi connectivity index (χ0v) is 14.9. The van der Waals surface area contributed by atoms with Crippen molar-refractivity contribution in [1.82, 2.24) is 15.5 Å². The summed E-state index contributed by atoms with van der Waals surface area (Å²) in [6.45, 7) is 1.41. The van der Waals surface area contributed by atoms with Crippen LogP contribution in [0.2, 0.25) is 0 Å². The molecule has 1 heterocycles. The van der Waals surface area contributed by atoms with Gasteiger partial charge in [0.2, 0.25) is 0 Å². The van der Waals surface area contributed by atoms with E-state index in [2.05, 4.69) is 15.5 Å². The maximum absolute atomic E-state index is 12.3. The Kier molecular flexibility index (Phi) is 6.38. The highest BCUT2D eigenvalue weighted by Crippen LogP contribution is 2.17. The lowest BCUT2D eigenvalue weighted by Gasteiger charge is -2.05. The predicted octanol–water partition coefficient (Wildman–Crippen LogP) is 3.16. The van der Waals surface area contributed by atoms with Crippen LogP contribution in [0.25, 0.3) is 11.3 Å². The molecule has 0 aliphatic carbocycles. The van der Waals surface area contributed by atoms with Gasteiger partial charge in [-0.3, -0.25) is 9.89 Å². The Morgan fingerprint density at radius 2 is 2.04 bits per heavy atom. The van der Waals surface area contributed by atoms with E-state index in [0.717, 1.165) is 22.5 Å². The van der Waals surface area contributed by atoms with Crippen LogP contribution in [-0.4, -0.2) is 29.3 Å². The van der Waals surface area contributed by atoms with Crippen LogP contribution in [0.3, 0.4) is 0 Å². The van der Waals surface area contributed by atoms with Gasteiger partial charge in [0.15, 0.2) is 0 Å². The molecule has 6 nitrogen and oxygen atoms in total. The summed E-state index contributed by atoms with van der Waals surface area (Å²) in [5.74, 6) is -0.123. The second kappa shape index (κ2) is 9.35. The molecule has 0 spiro atoms. The molecule has 0 saturated carbocycles. The Morgan fingerprint density at radius 3 is 2.85 bits per heavy atom. The summed E-state index contributed by atoms with van der Waals surface area (Å²) in [5, 5.41) is 9.69.